The molecule has 1 aliphatic heterocycles. The summed E-state index contributed by atoms with van der Waals surface area (Å²) in [4.78, 5) is 46.7. The van der Waals surface area contributed by atoms with E-state index in [1.165, 1.54) is 13.8 Å². The topological polar surface area (TPSA) is 148 Å². The molecular formula is C19H37N5O4. The van der Waals surface area contributed by atoms with E-state index < -0.39 is 23.9 Å². The lowest BCUT2D eigenvalue weighted by Crippen LogP contribution is -2.50. The first kappa shape index (κ1) is 25.8. The Labute approximate surface area is 167 Å². The molecule has 1 heterocycles. The van der Waals surface area contributed by atoms with Crippen LogP contribution in [0.2, 0.25) is 0 Å². The highest BCUT2D eigenvalue weighted by Gasteiger charge is 2.23. The molecule has 0 aliphatic carbocycles. The average Bonchev–Trinajstić information content (AvgIpc) is 3.15. The van der Waals surface area contributed by atoms with Gasteiger partial charge in [0.1, 0.15) is 12.1 Å². The van der Waals surface area contributed by atoms with Gasteiger partial charge in [0.05, 0.1) is 0 Å². The molecule has 4 atom stereocenters. The van der Waals surface area contributed by atoms with E-state index in [4.69, 9.17) is 11.5 Å². The van der Waals surface area contributed by atoms with Crippen LogP contribution in [0.1, 0.15) is 60.3 Å². The smallest absolute Gasteiger partial charge is 0.242 e. The average molecular weight is 400 g/mol. The molecule has 0 bridgehead atoms. The number of carbonyl (C=O) groups is 4. The molecule has 1 fully saturated rings. The van der Waals surface area contributed by atoms with Crippen LogP contribution in [0, 0.1) is 5.92 Å². The number of rotatable bonds is 8. The summed E-state index contributed by atoms with van der Waals surface area (Å²) < 4.78 is 0. The molecule has 0 saturated carbocycles. The van der Waals surface area contributed by atoms with E-state index in [9.17, 15) is 19.2 Å². The highest BCUT2D eigenvalue weighted by Crippen LogP contribution is 2.14. The molecule has 0 aromatic carbocycles. The lowest BCUT2D eigenvalue weighted by molar-refractivity contribution is -0.134. The molecule has 1 aliphatic rings. The second-order valence-corrected chi connectivity index (χ2v) is 7.42. The Balaban J connectivity index is 0.000000525. The van der Waals surface area contributed by atoms with Crippen molar-refractivity contribution >= 4 is 23.6 Å². The summed E-state index contributed by atoms with van der Waals surface area (Å²) in [6, 6.07) is -1.28. The van der Waals surface area contributed by atoms with Gasteiger partial charge < -0.3 is 27.0 Å². The monoisotopic (exact) mass is 399 g/mol. The minimum absolute atomic E-state index is 0.0955. The van der Waals surface area contributed by atoms with Crippen LogP contribution in [0.25, 0.3) is 0 Å². The lowest BCUT2D eigenvalue weighted by Gasteiger charge is -2.21. The van der Waals surface area contributed by atoms with Crippen molar-refractivity contribution in [2.75, 3.05) is 13.1 Å². The van der Waals surface area contributed by atoms with Crippen molar-refractivity contribution in [1.82, 2.24) is 15.5 Å². The maximum absolute atomic E-state index is 11.8. The van der Waals surface area contributed by atoms with Gasteiger partial charge in [-0.1, -0.05) is 13.8 Å². The van der Waals surface area contributed by atoms with Gasteiger partial charge in [-0.2, -0.15) is 0 Å². The number of hydrogen-bond donors (Lipinski definition) is 4. The molecule has 4 unspecified atom stereocenters. The molecule has 4 amide bonds. The molecule has 0 radical (unpaired) electrons. The highest BCUT2D eigenvalue weighted by molar-refractivity contribution is 5.91. The molecule has 1 saturated heterocycles. The summed E-state index contributed by atoms with van der Waals surface area (Å²) in [5.74, 6) is -0.877. The van der Waals surface area contributed by atoms with Crippen LogP contribution in [0.4, 0.5) is 0 Å². The number of likely N-dealkylation sites (tertiary alicyclic amines) is 1. The second kappa shape index (κ2) is 13.1. The molecule has 9 nitrogen and oxygen atoms in total. The molecule has 1 rings (SSSR count). The van der Waals surface area contributed by atoms with Gasteiger partial charge in [-0.25, -0.2) is 0 Å². The summed E-state index contributed by atoms with van der Waals surface area (Å²) in [5, 5.41) is 4.85. The fraction of sp³-hybridized carbons (Fsp3) is 0.789. The molecule has 0 spiro atoms. The Morgan fingerprint density at radius 2 is 1.50 bits per heavy atom. The van der Waals surface area contributed by atoms with Gasteiger partial charge in [0.2, 0.25) is 23.6 Å². The van der Waals surface area contributed by atoms with E-state index in [1.807, 2.05) is 18.7 Å². The third-order valence-corrected chi connectivity index (χ3v) is 4.44. The predicted octanol–water partition coefficient (Wildman–Crippen LogP) is -0.127. The summed E-state index contributed by atoms with van der Waals surface area (Å²) in [6.07, 6.45) is 3.44. The normalized spacial score (nSPS) is 17.4. The van der Waals surface area contributed by atoms with Crippen LogP contribution in [0.5, 0.6) is 0 Å². The van der Waals surface area contributed by atoms with Crippen LogP contribution in [0.3, 0.4) is 0 Å². The first-order valence-corrected chi connectivity index (χ1v) is 9.92. The summed E-state index contributed by atoms with van der Waals surface area (Å²) in [5.41, 5.74) is 10.6. The molecule has 0 aromatic rings. The predicted molar refractivity (Wildman–Crippen MR) is 108 cm³/mol. The van der Waals surface area contributed by atoms with Crippen LogP contribution in [0.15, 0.2) is 0 Å². The first-order chi connectivity index (χ1) is 13.0. The number of hydrogen-bond acceptors (Lipinski definition) is 5. The number of carbonyl (C=O) groups excluding carboxylic acids is 4. The Kier molecular flexibility index (Phi) is 12.1. The number of amides is 4. The quantitative estimate of drug-likeness (QED) is 0.449. The number of primary amides is 1. The maximum Gasteiger partial charge on any atom is 0.242 e. The van der Waals surface area contributed by atoms with Gasteiger partial charge in [-0.05, 0) is 40.0 Å². The second-order valence-electron chi connectivity index (χ2n) is 7.42. The molecule has 162 valence electrons. The summed E-state index contributed by atoms with van der Waals surface area (Å²) in [6.45, 7) is 10.5. The number of nitrogens with zero attached hydrogens (tertiary/aromatic N) is 1. The van der Waals surface area contributed by atoms with E-state index in [-0.39, 0.29) is 23.8 Å². The van der Waals surface area contributed by atoms with Gasteiger partial charge in [-0.3, -0.25) is 19.2 Å². The zero-order chi connectivity index (χ0) is 21.9. The van der Waals surface area contributed by atoms with Crippen molar-refractivity contribution in [2.24, 2.45) is 17.4 Å². The molecule has 9 heteroatoms. The summed E-state index contributed by atoms with van der Waals surface area (Å²) in [7, 11) is 0. The van der Waals surface area contributed by atoms with Crippen molar-refractivity contribution in [3.8, 4) is 0 Å². The van der Waals surface area contributed by atoms with E-state index in [0.717, 1.165) is 32.4 Å². The van der Waals surface area contributed by atoms with Gasteiger partial charge >= 0.3 is 0 Å². The summed E-state index contributed by atoms with van der Waals surface area (Å²) >= 11 is 0. The van der Waals surface area contributed by atoms with Crippen molar-refractivity contribution in [3.63, 3.8) is 0 Å². The van der Waals surface area contributed by atoms with Crippen LogP contribution in [-0.2, 0) is 19.2 Å². The standard InChI is InChI=1S/C10H20N2O.C9H17N3O3/c1-8(7-9(2)11)10(13)12-5-3-4-6-12;1-4-7(13)11-6(3)9(15)12-5(2)8(10)14/h8-9H,3-7,11H2,1-2H3;5-6H,4H2,1-3H3,(H2,10,14)(H,11,13)(H,12,15). The Morgan fingerprint density at radius 1 is 0.964 bits per heavy atom. The third-order valence-electron chi connectivity index (χ3n) is 4.44. The van der Waals surface area contributed by atoms with E-state index in [2.05, 4.69) is 10.6 Å². The van der Waals surface area contributed by atoms with Gasteiger partial charge in [0.25, 0.3) is 0 Å². The van der Waals surface area contributed by atoms with Gasteiger partial charge in [0.15, 0.2) is 0 Å². The zero-order valence-corrected chi connectivity index (χ0v) is 17.8. The van der Waals surface area contributed by atoms with E-state index >= 15 is 0 Å². The zero-order valence-electron chi connectivity index (χ0n) is 17.8. The van der Waals surface area contributed by atoms with Crippen LogP contribution < -0.4 is 22.1 Å². The Bertz CT molecular complexity index is 532. The van der Waals surface area contributed by atoms with Crippen molar-refractivity contribution in [2.45, 2.75) is 78.4 Å². The first-order valence-electron chi connectivity index (χ1n) is 9.92. The van der Waals surface area contributed by atoms with Crippen molar-refractivity contribution in [3.05, 3.63) is 0 Å². The fourth-order valence-electron chi connectivity index (χ4n) is 2.73. The highest BCUT2D eigenvalue weighted by atomic mass is 16.2. The van der Waals surface area contributed by atoms with Crippen molar-refractivity contribution in [1.29, 1.82) is 0 Å². The molecule has 28 heavy (non-hydrogen) atoms. The third kappa shape index (κ3) is 10.2. The number of nitrogens with one attached hydrogen (secondary N) is 2. The van der Waals surface area contributed by atoms with Crippen molar-refractivity contribution < 1.29 is 19.2 Å². The molecule has 6 N–H and O–H groups in total. The van der Waals surface area contributed by atoms with E-state index in [0.29, 0.717) is 6.42 Å². The minimum Gasteiger partial charge on any atom is -0.368 e. The van der Waals surface area contributed by atoms with Crippen LogP contribution >= 0.6 is 0 Å². The molecular weight excluding hydrogens is 362 g/mol. The Hall–Kier alpha value is -2.16. The minimum atomic E-state index is -0.738. The lowest BCUT2D eigenvalue weighted by atomic mass is 10.0. The largest absolute Gasteiger partial charge is 0.368 e. The number of nitrogens with two attached hydrogens (primary N) is 2. The maximum atomic E-state index is 11.8. The van der Waals surface area contributed by atoms with Crippen LogP contribution in [-0.4, -0.2) is 59.7 Å². The Morgan fingerprint density at radius 3 is 1.93 bits per heavy atom. The van der Waals surface area contributed by atoms with E-state index in [1.54, 1.807) is 6.92 Å². The molecule has 0 aromatic heterocycles. The van der Waals surface area contributed by atoms with Gasteiger partial charge in [0, 0.05) is 31.5 Å². The SMILES string of the molecule is CC(N)CC(C)C(=O)N1CCCC1.CCC(=O)NC(C)C(=O)NC(C)C(N)=O. The van der Waals surface area contributed by atoms with Gasteiger partial charge in [-0.15, -0.1) is 0 Å². The fourth-order valence-corrected chi connectivity index (χ4v) is 2.73.